The van der Waals surface area contributed by atoms with Crippen LogP contribution in [0.4, 0.5) is 4.39 Å². The summed E-state index contributed by atoms with van der Waals surface area (Å²) in [6.45, 7) is 4.13. The minimum absolute atomic E-state index is 0.0306. The molecule has 3 heteroatoms. The summed E-state index contributed by atoms with van der Waals surface area (Å²) < 4.78 is 13.4. The third-order valence-corrected chi connectivity index (χ3v) is 2.91. The van der Waals surface area contributed by atoms with E-state index in [-0.39, 0.29) is 17.4 Å². The van der Waals surface area contributed by atoms with Gasteiger partial charge in [0.2, 0.25) is 0 Å². The lowest BCUT2D eigenvalue weighted by atomic mass is 9.80. The second-order valence-electron chi connectivity index (χ2n) is 4.81. The van der Waals surface area contributed by atoms with Crippen molar-refractivity contribution in [2.24, 2.45) is 0 Å². The van der Waals surface area contributed by atoms with Crippen LogP contribution in [0, 0.1) is 5.82 Å². The Morgan fingerprint density at radius 1 is 1.47 bits per heavy atom. The van der Waals surface area contributed by atoms with Crippen LogP contribution < -0.4 is 5.32 Å². The van der Waals surface area contributed by atoms with Gasteiger partial charge < -0.3 is 10.4 Å². The van der Waals surface area contributed by atoms with E-state index >= 15 is 0 Å². The molecule has 2 rings (SSSR count). The first kappa shape index (κ1) is 10.6. The fourth-order valence-corrected chi connectivity index (χ4v) is 2.15. The molecule has 0 radical (unpaired) electrons. The molecule has 2 N–H and O–H groups in total. The summed E-state index contributed by atoms with van der Waals surface area (Å²) in [6.07, 6.45) is 0.113. The normalized spacial score (nSPS) is 25.7. The maximum Gasteiger partial charge on any atom is 0.129 e. The molecule has 1 aromatic carbocycles. The third-order valence-electron chi connectivity index (χ3n) is 2.91. The smallest absolute Gasteiger partial charge is 0.129 e. The molecule has 1 aliphatic rings. The van der Waals surface area contributed by atoms with E-state index < -0.39 is 6.10 Å². The highest BCUT2D eigenvalue weighted by Crippen LogP contribution is 2.32. The fourth-order valence-electron chi connectivity index (χ4n) is 2.15. The molecule has 1 unspecified atom stereocenters. The molecule has 2 nitrogen and oxygen atoms in total. The molecule has 0 aromatic heterocycles. The molecule has 0 aliphatic carbocycles. The first-order valence-electron chi connectivity index (χ1n) is 5.20. The summed E-state index contributed by atoms with van der Waals surface area (Å²) in [5.74, 6) is -0.337. The quantitative estimate of drug-likeness (QED) is 0.780. The highest BCUT2D eigenvalue weighted by atomic mass is 19.1. The van der Waals surface area contributed by atoms with E-state index in [1.54, 1.807) is 18.2 Å². The average Bonchev–Trinajstić information content (AvgIpc) is 2.14. The van der Waals surface area contributed by atoms with E-state index in [1.165, 1.54) is 6.07 Å². The van der Waals surface area contributed by atoms with Gasteiger partial charge in [0.05, 0.1) is 6.10 Å². The van der Waals surface area contributed by atoms with E-state index in [9.17, 15) is 9.50 Å². The molecule has 0 bridgehead atoms. The highest BCUT2D eigenvalue weighted by molar-refractivity contribution is 5.22. The summed E-state index contributed by atoms with van der Waals surface area (Å²) in [7, 11) is 0. The number of nitrogens with one attached hydrogen (secondary N) is 1. The van der Waals surface area contributed by atoms with Crippen LogP contribution in [0.25, 0.3) is 0 Å². The number of hydrogen-bond donors (Lipinski definition) is 2. The van der Waals surface area contributed by atoms with Crippen molar-refractivity contribution in [3.63, 3.8) is 0 Å². The first-order chi connectivity index (χ1) is 6.99. The highest BCUT2D eigenvalue weighted by Gasteiger charge is 2.40. The molecule has 1 aromatic rings. The zero-order valence-electron chi connectivity index (χ0n) is 9.00. The molecule has 1 saturated heterocycles. The SMILES string of the molecule is CC1(C)C[C@H](C(O)c2ccccc2F)N1. The molecule has 0 saturated carbocycles. The Labute approximate surface area is 89.1 Å². The number of halogens is 1. The number of rotatable bonds is 2. The lowest BCUT2D eigenvalue weighted by Crippen LogP contribution is -2.62. The molecule has 2 atom stereocenters. The second kappa shape index (κ2) is 3.58. The van der Waals surface area contributed by atoms with E-state index in [4.69, 9.17) is 0 Å². The van der Waals surface area contributed by atoms with Gasteiger partial charge in [0.15, 0.2) is 0 Å². The van der Waals surface area contributed by atoms with Crippen LogP contribution in [0.5, 0.6) is 0 Å². The Balaban J connectivity index is 2.10. The van der Waals surface area contributed by atoms with Crippen LogP contribution >= 0.6 is 0 Å². The van der Waals surface area contributed by atoms with Crippen LogP contribution in [0.2, 0.25) is 0 Å². The zero-order chi connectivity index (χ0) is 11.1. The van der Waals surface area contributed by atoms with Gasteiger partial charge in [-0.1, -0.05) is 18.2 Å². The van der Waals surface area contributed by atoms with Crippen molar-refractivity contribution in [2.75, 3.05) is 0 Å². The van der Waals surface area contributed by atoms with Gasteiger partial charge in [-0.25, -0.2) is 4.39 Å². The van der Waals surface area contributed by atoms with Crippen molar-refractivity contribution in [3.8, 4) is 0 Å². The number of benzene rings is 1. The number of aliphatic hydroxyl groups is 1. The molecule has 1 fully saturated rings. The largest absolute Gasteiger partial charge is 0.387 e. The summed E-state index contributed by atoms with van der Waals surface area (Å²) in [5, 5.41) is 13.2. The third kappa shape index (κ3) is 2.03. The van der Waals surface area contributed by atoms with Crippen molar-refractivity contribution in [3.05, 3.63) is 35.6 Å². The second-order valence-corrected chi connectivity index (χ2v) is 4.81. The van der Waals surface area contributed by atoms with Gasteiger partial charge in [-0.05, 0) is 26.3 Å². The van der Waals surface area contributed by atoms with Crippen molar-refractivity contribution in [1.82, 2.24) is 5.32 Å². The van der Waals surface area contributed by atoms with E-state index in [1.807, 2.05) is 0 Å². The van der Waals surface area contributed by atoms with Crippen molar-refractivity contribution >= 4 is 0 Å². The molecular formula is C12H16FNO. The van der Waals surface area contributed by atoms with Gasteiger partial charge in [0, 0.05) is 17.1 Å². The average molecular weight is 209 g/mol. The molecule has 1 heterocycles. The van der Waals surface area contributed by atoms with Crippen LogP contribution in [0.1, 0.15) is 31.9 Å². The monoisotopic (exact) mass is 209 g/mol. The molecule has 1 aliphatic heterocycles. The summed E-state index contributed by atoms with van der Waals surface area (Å²) in [5.41, 5.74) is 0.446. The summed E-state index contributed by atoms with van der Waals surface area (Å²) in [6, 6.07) is 6.35. The molecule has 82 valence electrons. The minimum atomic E-state index is -0.751. The van der Waals surface area contributed by atoms with Crippen molar-refractivity contribution in [2.45, 2.75) is 38.0 Å². The van der Waals surface area contributed by atoms with Crippen LogP contribution in [0.3, 0.4) is 0 Å². The fraction of sp³-hybridized carbons (Fsp3) is 0.500. The Morgan fingerprint density at radius 2 is 2.07 bits per heavy atom. The standard InChI is InChI=1S/C12H16FNO/c1-12(2)7-10(14-12)11(15)8-5-3-4-6-9(8)13/h3-6,10-11,14-15H,7H2,1-2H3/t10-,11?/m1/s1. The molecule has 15 heavy (non-hydrogen) atoms. The van der Waals surface area contributed by atoms with E-state index in [0.29, 0.717) is 5.56 Å². The van der Waals surface area contributed by atoms with Crippen LogP contribution in [-0.2, 0) is 0 Å². The number of hydrogen-bond acceptors (Lipinski definition) is 2. The van der Waals surface area contributed by atoms with E-state index in [0.717, 1.165) is 6.42 Å². The summed E-state index contributed by atoms with van der Waals surface area (Å²) >= 11 is 0. The lowest BCUT2D eigenvalue weighted by molar-refractivity contribution is 0.0369. The Hall–Kier alpha value is -0.930. The van der Waals surface area contributed by atoms with Crippen LogP contribution in [-0.4, -0.2) is 16.7 Å². The van der Waals surface area contributed by atoms with E-state index in [2.05, 4.69) is 19.2 Å². The van der Waals surface area contributed by atoms with Gasteiger partial charge in [-0.15, -0.1) is 0 Å². The minimum Gasteiger partial charge on any atom is -0.387 e. The lowest BCUT2D eigenvalue weighted by Gasteiger charge is -2.46. The molecule has 0 amide bonds. The van der Waals surface area contributed by atoms with Gasteiger partial charge >= 0.3 is 0 Å². The predicted octanol–water partition coefficient (Wildman–Crippen LogP) is 2.00. The topological polar surface area (TPSA) is 32.3 Å². The first-order valence-corrected chi connectivity index (χ1v) is 5.20. The van der Waals surface area contributed by atoms with Crippen molar-refractivity contribution in [1.29, 1.82) is 0 Å². The Kier molecular flexibility index (Phi) is 2.52. The Morgan fingerprint density at radius 3 is 2.60 bits per heavy atom. The van der Waals surface area contributed by atoms with Gasteiger partial charge in [-0.2, -0.15) is 0 Å². The summed E-state index contributed by atoms with van der Waals surface area (Å²) in [4.78, 5) is 0. The maximum atomic E-state index is 13.4. The zero-order valence-corrected chi connectivity index (χ0v) is 9.00. The Bertz CT molecular complexity index is 356. The maximum absolute atomic E-state index is 13.4. The van der Waals surface area contributed by atoms with Gasteiger partial charge in [0.1, 0.15) is 5.82 Å². The molecule has 0 spiro atoms. The predicted molar refractivity (Wildman–Crippen MR) is 57.0 cm³/mol. The van der Waals surface area contributed by atoms with Crippen molar-refractivity contribution < 1.29 is 9.50 Å². The number of aliphatic hydroxyl groups excluding tert-OH is 1. The molecular weight excluding hydrogens is 193 g/mol. The van der Waals surface area contributed by atoms with Gasteiger partial charge in [-0.3, -0.25) is 0 Å². The van der Waals surface area contributed by atoms with Crippen LogP contribution in [0.15, 0.2) is 24.3 Å². The van der Waals surface area contributed by atoms with Gasteiger partial charge in [0.25, 0.3) is 0 Å².